The van der Waals surface area contributed by atoms with Crippen molar-refractivity contribution < 1.29 is 13.2 Å². The van der Waals surface area contributed by atoms with E-state index in [0.717, 1.165) is 6.42 Å². The lowest BCUT2D eigenvalue weighted by atomic mass is 10.2. The van der Waals surface area contributed by atoms with Crippen molar-refractivity contribution in [1.82, 2.24) is 15.3 Å². The number of carbonyl (C=O) groups is 1. The number of hydrogen-bond donors (Lipinski definition) is 2. The van der Waals surface area contributed by atoms with Crippen molar-refractivity contribution in [2.75, 3.05) is 4.72 Å². The van der Waals surface area contributed by atoms with Gasteiger partial charge in [0.15, 0.2) is 0 Å². The van der Waals surface area contributed by atoms with Crippen LogP contribution in [0.1, 0.15) is 30.6 Å². The first-order valence-corrected chi connectivity index (χ1v) is 8.61. The average Bonchev–Trinajstić information content (AvgIpc) is 2.55. The first-order chi connectivity index (χ1) is 10.9. The Hall–Kier alpha value is -2.48. The Morgan fingerprint density at radius 1 is 1.17 bits per heavy atom. The number of anilines is 1. The number of nitrogens with one attached hydrogen (secondary N) is 2. The van der Waals surface area contributed by atoms with Gasteiger partial charge in [-0.1, -0.05) is 25.1 Å². The number of sulfonamides is 1. The van der Waals surface area contributed by atoms with Crippen LogP contribution in [0.2, 0.25) is 0 Å². The van der Waals surface area contributed by atoms with Crippen molar-refractivity contribution in [2.45, 2.75) is 31.2 Å². The minimum absolute atomic E-state index is 0.0405. The zero-order valence-corrected chi connectivity index (χ0v) is 13.7. The molecule has 0 spiro atoms. The minimum Gasteiger partial charge on any atom is -0.350 e. The number of carbonyl (C=O) groups excluding carboxylic acids is 1. The number of rotatable bonds is 6. The van der Waals surface area contributed by atoms with Gasteiger partial charge in [-0.2, -0.15) is 0 Å². The Morgan fingerprint density at radius 3 is 2.35 bits per heavy atom. The van der Waals surface area contributed by atoms with Gasteiger partial charge < -0.3 is 5.32 Å². The molecular formula is C15H18N4O3S. The molecule has 2 aromatic rings. The molecule has 0 aliphatic heterocycles. The van der Waals surface area contributed by atoms with Crippen molar-refractivity contribution in [3.63, 3.8) is 0 Å². The second kappa shape index (κ2) is 7.19. The fourth-order valence-electron chi connectivity index (χ4n) is 1.69. The number of amides is 1. The zero-order valence-electron chi connectivity index (χ0n) is 12.9. The third-order valence-corrected chi connectivity index (χ3v) is 4.53. The topological polar surface area (TPSA) is 101 Å². The van der Waals surface area contributed by atoms with E-state index in [1.807, 2.05) is 13.8 Å². The van der Waals surface area contributed by atoms with E-state index in [-0.39, 0.29) is 28.4 Å². The smallest absolute Gasteiger partial charge is 0.264 e. The predicted molar refractivity (Wildman–Crippen MR) is 86.5 cm³/mol. The SMILES string of the molecule is CC[C@H](C)NC(=O)c1cnc(NS(=O)(=O)c2ccccc2)nc1. The molecule has 2 rings (SSSR count). The normalized spacial score (nSPS) is 12.4. The molecule has 23 heavy (non-hydrogen) atoms. The predicted octanol–water partition coefficient (Wildman–Crippen LogP) is 1.81. The van der Waals surface area contributed by atoms with Gasteiger partial charge in [-0.25, -0.2) is 23.1 Å². The number of nitrogens with zero attached hydrogens (tertiary/aromatic N) is 2. The maximum Gasteiger partial charge on any atom is 0.264 e. The van der Waals surface area contributed by atoms with E-state index >= 15 is 0 Å². The summed E-state index contributed by atoms with van der Waals surface area (Å²) in [6.45, 7) is 3.85. The Bertz CT molecular complexity index is 761. The van der Waals surface area contributed by atoms with Gasteiger partial charge in [0.1, 0.15) is 0 Å². The molecule has 0 unspecified atom stereocenters. The molecular weight excluding hydrogens is 316 g/mol. The fraction of sp³-hybridized carbons (Fsp3) is 0.267. The number of aromatic nitrogens is 2. The second-order valence-corrected chi connectivity index (χ2v) is 6.68. The highest BCUT2D eigenvalue weighted by Gasteiger charge is 2.16. The minimum atomic E-state index is -3.74. The summed E-state index contributed by atoms with van der Waals surface area (Å²) in [4.78, 5) is 19.8. The summed E-state index contributed by atoms with van der Waals surface area (Å²) in [5, 5.41) is 2.78. The van der Waals surface area contributed by atoms with Crippen LogP contribution in [0, 0.1) is 0 Å². The van der Waals surface area contributed by atoms with Crippen molar-refractivity contribution in [3.05, 3.63) is 48.3 Å². The number of hydrogen-bond acceptors (Lipinski definition) is 5. The quantitative estimate of drug-likeness (QED) is 0.839. The van der Waals surface area contributed by atoms with E-state index in [0.29, 0.717) is 0 Å². The van der Waals surface area contributed by atoms with Crippen molar-refractivity contribution in [1.29, 1.82) is 0 Å². The summed E-state index contributed by atoms with van der Waals surface area (Å²) in [6, 6.07) is 7.95. The van der Waals surface area contributed by atoms with Crippen LogP contribution in [-0.4, -0.2) is 30.3 Å². The standard InChI is InChI=1S/C15H18N4O3S/c1-3-11(2)18-14(20)12-9-16-15(17-10-12)19-23(21,22)13-7-5-4-6-8-13/h4-11H,3H2,1-2H3,(H,18,20)(H,16,17,19)/t11-/m0/s1. The van der Waals surface area contributed by atoms with Crippen molar-refractivity contribution in [2.24, 2.45) is 0 Å². The molecule has 0 saturated carbocycles. The third-order valence-electron chi connectivity index (χ3n) is 3.18. The number of benzene rings is 1. The maximum atomic E-state index is 12.1. The van der Waals surface area contributed by atoms with E-state index in [4.69, 9.17) is 0 Å². The highest BCUT2D eigenvalue weighted by Crippen LogP contribution is 2.12. The van der Waals surface area contributed by atoms with Crippen LogP contribution in [-0.2, 0) is 10.0 Å². The molecule has 0 saturated heterocycles. The van der Waals surface area contributed by atoms with Gasteiger partial charge >= 0.3 is 0 Å². The molecule has 1 aromatic carbocycles. The van der Waals surface area contributed by atoms with Gasteiger partial charge in [0, 0.05) is 18.4 Å². The molecule has 2 N–H and O–H groups in total. The van der Waals surface area contributed by atoms with Gasteiger partial charge in [0.2, 0.25) is 5.95 Å². The molecule has 1 aromatic heterocycles. The Balaban J connectivity index is 2.10. The molecule has 0 aliphatic carbocycles. The van der Waals surface area contributed by atoms with Gasteiger partial charge in [0.25, 0.3) is 15.9 Å². The molecule has 122 valence electrons. The summed E-state index contributed by atoms with van der Waals surface area (Å²) in [5.74, 6) is -0.384. The first-order valence-electron chi connectivity index (χ1n) is 7.13. The van der Waals surface area contributed by atoms with Gasteiger partial charge in [-0.05, 0) is 25.5 Å². The fourth-order valence-corrected chi connectivity index (χ4v) is 2.66. The van der Waals surface area contributed by atoms with Crippen molar-refractivity contribution >= 4 is 21.9 Å². The van der Waals surface area contributed by atoms with Gasteiger partial charge in [0.05, 0.1) is 10.5 Å². The molecule has 0 radical (unpaired) electrons. The Kier molecular flexibility index (Phi) is 5.28. The van der Waals surface area contributed by atoms with Gasteiger partial charge in [-0.3, -0.25) is 4.79 Å². The largest absolute Gasteiger partial charge is 0.350 e. The summed E-state index contributed by atoms with van der Waals surface area (Å²) in [5.41, 5.74) is 0.271. The van der Waals surface area contributed by atoms with Gasteiger partial charge in [-0.15, -0.1) is 0 Å². The van der Waals surface area contributed by atoms with Crippen LogP contribution in [0.15, 0.2) is 47.6 Å². The average molecular weight is 334 g/mol. The molecule has 0 aliphatic rings. The molecule has 8 heteroatoms. The van der Waals surface area contributed by atoms with E-state index in [1.54, 1.807) is 18.2 Å². The van der Waals surface area contributed by atoms with Crippen LogP contribution in [0.4, 0.5) is 5.95 Å². The van der Waals surface area contributed by atoms with E-state index in [9.17, 15) is 13.2 Å². The van der Waals surface area contributed by atoms with E-state index in [1.165, 1.54) is 24.5 Å². The van der Waals surface area contributed by atoms with Crippen LogP contribution >= 0.6 is 0 Å². The molecule has 7 nitrogen and oxygen atoms in total. The first kappa shape index (κ1) is 16.9. The Labute approximate surface area is 135 Å². The highest BCUT2D eigenvalue weighted by atomic mass is 32.2. The molecule has 1 amide bonds. The zero-order chi connectivity index (χ0) is 16.9. The monoisotopic (exact) mass is 334 g/mol. The Morgan fingerprint density at radius 2 is 1.78 bits per heavy atom. The van der Waals surface area contributed by atoms with Crippen LogP contribution in [0.5, 0.6) is 0 Å². The van der Waals surface area contributed by atoms with Crippen molar-refractivity contribution in [3.8, 4) is 0 Å². The summed E-state index contributed by atoms with van der Waals surface area (Å²) in [6.07, 6.45) is 3.38. The molecule has 0 fully saturated rings. The van der Waals surface area contributed by atoms with Crippen LogP contribution < -0.4 is 10.0 Å². The summed E-state index contributed by atoms with van der Waals surface area (Å²) < 4.78 is 26.5. The lowest BCUT2D eigenvalue weighted by Gasteiger charge is -2.11. The second-order valence-electron chi connectivity index (χ2n) is 5.00. The molecule has 1 heterocycles. The maximum absolute atomic E-state index is 12.1. The van der Waals surface area contributed by atoms with E-state index in [2.05, 4.69) is 20.0 Å². The molecule has 0 bridgehead atoms. The van der Waals surface area contributed by atoms with Crippen LogP contribution in [0.3, 0.4) is 0 Å². The van der Waals surface area contributed by atoms with Crippen LogP contribution in [0.25, 0.3) is 0 Å². The van der Waals surface area contributed by atoms with E-state index < -0.39 is 10.0 Å². The summed E-state index contributed by atoms with van der Waals surface area (Å²) in [7, 11) is -3.74. The lowest BCUT2D eigenvalue weighted by Crippen LogP contribution is -2.32. The summed E-state index contributed by atoms with van der Waals surface area (Å²) >= 11 is 0. The molecule has 1 atom stereocenters. The lowest BCUT2D eigenvalue weighted by molar-refractivity contribution is 0.0938. The highest BCUT2D eigenvalue weighted by molar-refractivity contribution is 7.92. The third kappa shape index (κ3) is 4.49.